The SMILES string of the molecule is CCOc1cc([C@H](Nc2ccc3c(N)nccc3c2)C(=O)N(C)Cc2ccccc2S(=O)(=O)C2CCC2)ccc1OC(C)C.O=C(O)C(F)(F)F.O=C(O)C(F)(F)F. The van der Waals surface area contributed by atoms with E-state index in [-0.39, 0.29) is 23.8 Å². The van der Waals surface area contributed by atoms with E-state index in [9.17, 15) is 39.6 Å². The van der Waals surface area contributed by atoms with Crippen LogP contribution in [0.25, 0.3) is 10.8 Å². The minimum atomic E-state index is -5.08. The molecule has 5 rings (SSSR count). The predicted molar refractivity (Wildman–Crippen MR) is 201 cm³/mol. The highest BCUT2D eigenvalue weighted by Gasteiger charge is 2.39. The quantitative estimate of drug-likeness (QED) is 0.103. The number of alkyl halides is 6. The summed E-state index contributed by atoms with van der Waals surface area (Å²) in [5, 5.41) is 19.0. The van der Waals surface area contributed by atoms with E-state index in [4.69, 9.17) is 35.0 Å². The number of aromatic nitrogens is 1. The van der Waals surface area contributed by atoms with Crippen molar-refractivity contribution in [3.8, 4) is 11.5 Å². The van der Waals surface area contributed by atoms with Crippen molar-refractivity contribution in [1.82, 2.24) is 9.88 Å². The number of fused-ring (bicyclic) bond motifs is 1. The molecule has 58 heavy (non-hydrogen) atoms. The minimum absolute atomic E-state index is 0.0578. The van der Waals surface area contributed by atoms with Gasteiger partial charge in [-0.2, -0.15) is 26.3 Å². The number of nitrogens with two attached hydrogens (primary N) is 1. The Kier molecular flexibility index (Phi) is 15.7. The highest BCUT2D eigenvalue weighted by Crippen LogP contribution is 2.36. The van der Waals surface area contributed by atoms with E-state index in [1.807, 2.05) is 63.2 Å². The Balaban J connectivity index is 0.000000550. The molecule has 1 aromatic heterocycles. The number of anilines is 2. The monoisotopic (exact) mass is 844 g/mol. The molecule has 13 nitrogen and oxygen atoms in total. The highest BCUT2D eigenvalue weighted by molar-refractivity contribution is 7.92. The summed E-state index contributed by atoms with van der Waals surface area (Å²) >= 11 is 0. The lowest BCUT2D eigenvalue weighted by Crippen LogP contribution is -2.36. The summed E-state index contributed by atoms with van der Waals surface area (Å²) in [4.78, 5) is 38.1. The highest BCUT2D eigenvalue weighted by atomic mass is 32.2. The molecule has 4 aromatic rings. The third-order valence-electron chi connectivity index (χ3n) is 8.36. The second-order valence-electron chi connectivity index (χ2n) is 13.0. The van der Waals surface area contributed by atoms with Crippen LogP contribution in [0.5, 0.6) is 11.5 Å². The van der Waals surface area contributed by atoms with E-state index in [0.29, 0.717) is 58.5 Å². The summed E-state index contributed by atoms with van der Waals surface area (Å²) in [6.45, 7) is 6.34. The van der Waals surface area contributed by atoms with E-state index in [2.05, 4.69) is 10.3 Å². The van der Waals surface area contributed by atoms with Crippen molar-refractivity contribution in [3.63, 3.8) is 0 Å². The number of rotatable bonds is 12. The number of nitrogens with zero attached hydrogens (tertiary/aromatic N) is 2. The van der Waals surface area contributed by atoms with E-state index in [0.717, 1.165) is 17.2 Å². The summed E-state index contributed by atoms with van der Waals surface area (Å²) < 4.78 is 102. The number of hydrogen-bond donors (Lipinski definition) is 4. The van der Waals surface area contributed by atoms with Gasteiger partial charge in [0.15, 0.2) is 21.3 Å². The number of carbonyl (C=O) groups excluding carboxylic acids is 1. The third-order valence-corrected chi connectivity index (χ3v) is 10.7. The number of halogens is 6. The van der Waals surface area contributed by atoms with Crippen LogP contribution in [0.1, 0.15) is 57.2 Å². The smallest absolute Gasteiger partial charge is 0.490 e. The van der Waals surface area contributed by atoms with Crippen LogP contribution < -0.4 is 20.5 Å². The first kappa shape index (κ1) is 46.6. The van der Waals surface area contributed by atoms with Crippen molar-refractivity contribution >= 4 is 50.0 Å². The molecule has 316 valence electrons. The molecule has 1 fully saturated rings. The molecular formula is C38H42F6N4O9S. The van der Waals surface area contributed by atoms with Crippen LogP contribution in [0.15, 0.2) is 77.8 Å². The fourth-order valence-corrected chi connectivity index (χ4v) is 7.48. The molecule has 20 heteroatoms. The normalized spacial score (nSPS) is 13.5. The lowest BCUT2D eigenvalue weighted by Gasteiger charge is -2.29. The van der Waals surface area contributed by atoms with Gasteiger partial charge >= 0.3 is 24.3 Å². The Morgan fingerprint density at radius 3 is 2.07 bits per heavy atom. The number of aliphatic carboxylic acids is 2. The zero-order chi connectivity index (χ0) is 43.6. The molecule has 1 atom stereocenters. The molecule has 5 N–H and O–H groups in total. The second kappa shape index (κ2) is 19.6. The Bertz CT molecular complexity index is 2160. The molecule has 1 saturated carbocycles. The molecule has 1 aliphatic carbocycles. The zero-order valence-corrected chi connectivity index (χ0v) is 32.4. The molecule has 1 aliphatic rings. The molecule has 0 radical (unpaired) electrons. The van der Waals surface area contributed by atoms with Gasteiger partial charge in [-0.15, -0.1) is 0 Å². The zero-order valence-electron chi connectivity index (χ0n) is 31.6. The van der Waals surface area contributed by atoms with Crippen molar-refractivity contribution < 1.29 is 68.8 Å². The van der Waals surface area contributed by atoms with Gasteiger partial charge in [0.1, 0.15) is 11.9 Å². The van der Waals surface area contributed by atoms with Crippen LogP contribution in [0, 0.1) is 0 Å². The molecule has 0 spiro atoms. The van der Waals surface area contributed by atoms with E-state index in [1.54, 1.807) is 42.4 Å². The molecule has 0 bridgehead atoms. The van der Waals surface area contributed by atoms with Gasteiger partial charge in [-0.25, -0.2) is 23.0 Å². The number of hydrogen-bond acceptors (Lipinski definition) is 10. The number of benzene rings is 3. The molecule has 1 amide bonds. The Labute approximate surface area is 329 Å². The van der Waals surface area contributed by atoms with E-state index < -0.39 is 40.2 Å². The lowest BCUT2D eigenvalue weighted by molar-refractivity contribution is -0.193. The van der Waals surface area contributed by atoms with Gasteiger partial charge in [-0.3, -0.25) is 4.79 Å². The van der Waals surface area contributed by atoms with E-state index >= 15 is 0 Å². The van der Waals surface area contributed by atoms with Crippen molar-refractivity contribution in [2.45, 2.75) is 81.2 Å². The molecule has 1 heterocycles. The van der Waals surface area contributed by atoms with Crippen LogP contribution in [0.2, 0.25) is 0 Å². The van der Waals surface area contributed by atoms with Crippen molar-refractivity contribution in [3.05, 3.63) is 84.1 Å². The fourth-order valence-electron chi connectivity index (χ4n) is 5.40. The van der Waals surface area contributed by atoms with E-state index in [1.165, 1.54) is 0 Å². The maximum absolute atomic E-state index is 14.3. The van der Waals surface area contributed by atoms with Gasteiger partial charge in [0.2, 0.25) is 5.91 Å². The number of nitrogens with one attached hydrogen (secondary N) is 1. The van der Waals surface area contributed by atoms with Gasteiger partial charge < -0.3 is 35.6 Å². The Morgan fingerprint density at radius 2 is 1.53 bits per heavy atom. The molecule has 0 unspecified atom stereocenters. The summed E-state index contributed by atoms with van der Waals surface area (Å²) in [6, 6.07) is 19.2. The van der Waals surface area contributed by atoms with Crippen molar-refractivity contribution in [1.29, 1.82) is 0 Å². The number of carboxylic acid groups (broad SMARTS) is 2. The average Bonchev–Trinajstić information content (AvgIpc) is 3.10. The number of likely N-dealkylation sites (N-methyl/N-ethyl adjacent to an activating group) is 1. The minimum Gasteiger partial charge on any atom is -0.490 e. The van der Waals surface area contributed by atoms with Gasteiger partial charge in [0, 0.05) is 30.9 Å². The number of carboxylic acids is 2. The molecular weight excluding hydrogens is 802 g/mol. The van der Waals surface area contributed by atoms with Crippen LogP contribution in [-0.2, 0) is 30.8 Å². The fraction of sp³-hybridized carbons (Fsp3) is 0.368. The number of nitrogen functional groups attached to an aromatic ring is 1. The van der Waals surface area contributed by atoms with Crippen LogP contribution >= 0.6 is 0 Å². The Hall–Kier alpha value is -5.79. The summed E-state index contributed by atoms with van der Waals surface area (Å²) in [7, 11) is -1.78. The predicted octanol–water partition coefficient (Wildman–Crippen LogP) is 7.41. The van der Waals surface area contributed by atoms with Crippen LogP contribution in [0.4, 0.5) is 37.8 Å². The first-order chi connectivity index (χ1) is 27.0. The number of pyridine rings is 1. The Morgan fingerprint density at radius 1 is 0.931 bits per heavy atom. The average molecular weight is 845 g/mol. The van der Waals surface area contributed by atoms with Gasteiger partial charge in [-0.05, 0) is 92.6 Å². The van der Waals surface area contributed by atoms with Gasteiger partial charge in [0.05, 0.1) is 22.9 Å². The first-order valence-corrected chi connectivity index (χ1v) is 19.0. The molecule has 3 aromatic carbocycles. The maximum atomic E-state index is 14.3. The summed E-state index contributed by atoms with van der Waals surface area (Å²) in [6.07, 6.45) is -6.32. The lowest BCUT2D eigenvalue weighted by atomic mass is 10.00. The van der Waals surface area contributed by atoms with Crippen LogP contribution in [-0.4, -0.2) is 83.7 Å². The maximum Gasteiger partial charge on any atom is 0.490 e. The number of amides is 1. The number of carbonyl (C=O) groups is 3. The topological polar surface area (TPSA) is 198 Å². The van der Waals surface area contributed by atoms with Crippen LogP contribution in [0.3, 0.4) is 0 Å². The molecule has 0 saturated heterocycles. The van der Waals surface area contributed by atoms with Crippen molar-refractivity contribution in [2.24, 2.45) is 0 Å². The standard InChI is InChI=1S/C34H40N4O5S.2C2HF3O2/c1-5-42-30-20-24(13-16-29(30)43-22(2)3)32(37-26-14-15-28-23(19-26)17-18-36-33(28)35)34(39)38(4)21-25-9-6-7-12-31(25)44(40,41)27-10-8-11-27;2*3-2(4,5)1(6)7/h6-7,9,12-20,22,27,32,37H,5,8,10-11,21H2,1-4H3,(H2,35,36);2*(H,6,7)/t32-;;/m0../s1. The third kappa shape index (κ3) is 12.6. The van der Waals surface area contributed by atoms with Gasteiger partial charge in [0.25, 0.3) is 0 Å². The van der Waals surface area contributed by atoms with Gasteiger partial charge in [-0.1, -0.05) is 30.7 Å². The number of sulfone groups is 1. The first-order valence-electron chi connectivity index (χ1n) is 17.5. The number of ether oxygens (including phenoxy) is 2. The van der Waals surface area contributed by atoms with Crippen molar-refractivity contribution in [2.75, 3.05) is 24.7 Å². The molecule has 0 aliphatic heterocycles. The second-order valence-corrected chi connectivity index (χ2v) is 15.2. The summed E-state index contributed by atoms with van der Waals surface area (Å²) in [5.41, 5.74) is 8.05. The largest absolute Gasteiger partial charge is 0.490 e. The summed E-state index contributed by atoms with van der Waals surface area (Å²) in [5.74, 6) is -4.20.